The van der Waals surface area contributed by atoms with E-state index in [0.717, 1.165) is 18.3 Å². The fourth-order valence-electron chi connectivity index (χ4n) is 3.11. The highest BCUT2D eigenvalue weighted by molar-refractivity contribution is 4.94. The van der Waals surface area contributed by atoms with Crippen LogP contribution in [-0.4, -0.2) is 26.8 Å². The Labute approximate surface area is 109 Å². The zero-order valence-electron chi connectivity index (χ0n) is 11.8. The second kappa shape index (κ2) is 6.27. The normalized spacial score (nSPS) is 26.2. The molecule has 1 aliphatic rings. The van der Waals surface area contributed by atoms with E-state index in [0.29, 0.717) is 6.04 Å². The van der Waals surface area contributed by atoms with Crippen molar-refractivity contribution < 1.29 is 0 Å². The van der Waals surface area contributed by atoms with Gasteiger partial charge in [-0.05, 0) is 42.7 Å². The highest BCUT2D eigenvalue weighted by Crippen LogP contribution is 2.36. The number of nitrogens with zero attached hydrogens (tertiary/aromatic N) is 4. The molecule has 0 spiro atoms. The second-order valence-corrected chi connectivity index (χ2v) is 5.28. The maximum absolute atomic E-state index is 4.26. The first kappa shape index (κ1) is 13.5. The summed E-state index contributed by atoms with van der Waals surface area (Å²) in [7, 11) is 0. The fourth-order valence-corrected chi connectivity index (χ4v) is 3.11. The van der Waals surface area contributed by atoms with Crippen LogP contribution >= 0.6 is 0 Å². The molecule has 3 unspecified atom stereocenters. The lowest BCUT2D eigenvalue weighted by Crippen LogP contribution is -2.29. The second-order valence-electron chi connectivity index (χ2n) is 5.28. The minimum Gasteiger partial charge on any atom is -0.308 e. The van der Waals surface area contributed by atoms with Crippen molar-refractivity contribution in [2.75, 3.05) is 6.54 Å². The summed E-state index contributed by atoms with van der Waals surface area (Å²) in [5.74, 6) is 1.72. The maximum Gasteiger partial charge on any atom is 0.168 e. The fraction of sp³-hybridized carbons (Fsp3) is 0.923. The largest absolute Gasteiger partial charge is 0.308 e. The minimum atomic E-state index is 0.226. The molecule has 5 heteroatoms. The molecule has 1 fully saturated rings. The summed E-state index contributed by atoms with van der Waals surface area (Å²) in [4.78, 5) is 0. The Hall–Kier alpha value is -0.970. The van der Waals surface area contributed by atoms with Crippen molar-refractivity contribution in [1.29, 1.82) is 0 Å². The van der Waals surface area contributed by atoms with Gasteiger partial charge in [0.2, 0.25) is 0 Å². The predicted octanol–water partition coefficient (Wildman–Crippen LogP) is 2.48. The number of aromatic nitrogens is 4. The standard InChI is InChI=1S/C13H25N5/c1-4-11-8-6-7-9-12(11)18-13(15-16-17-18)10(3)14-5-2/h10-12,14H,4-9H2,1-3H3. The summed E-state index contributed by atoms with van der Waals surface area (Å²) in [6.07, 6.45) is 6.41. The maximum atomic E-state index is 4.26. The summed E-state index contributed by atoms with van der Waals surface area (Å²) in [6.45, 7) is 7.46. The van der Waals surface area contributed by atoms with Crippen molar-refractivity contribution >= 4 is 0 Å². The predicted molar refractivity (Wildman–Crippen MR) is 71.2 cm³/mol. The SMILES string of the molecule is CCNC(C)c1nnnn1C1CCCCC1CC. The zero-order valence-corrected chi connectivity index (χ0v) is 11.8. The van der Waals surface area contributed by atoms with Gasteiger partial charge >= 0.3 is 0 Å². The van der Waals surface area contributed by atoms with Gasteiger partial charge in [-0.2, -0.15) is 0 Å². The first-order valence-electron chi connectivity index (χ1n) is 7.29. The van der Waals surface area contributed by atoms with Gasteiger partial charge in [-0.3, -0.25) is 0 Å². The molecule has 1 aromatic heterocycles. The Morgan fingerprint density at radius 2 is 2.11 bits per heavy atom. The van der Waals surface area contributed by atoms with Crippen LogP contribution in [0.15, 0.2) is 0 Å². The molecule has 0 amide bonds. The van der Waals surface area contributed by atoms with Gasteiger partial charge in [0, 0.05) is 0 Å². The lowest BCUT2D eigenvalue weighted by molar-refractivity contribution is 0.207. The molecule has 2 rings (SSSR count). The van der Waals surface area contributed by atoms with Crippen LogP contribution < -0.4 is 5.32 Å². The molecule has 1 saturated carbocycles. The van der Waals surface area contributed by atoms with Gasteiger partial charge in [-0.25, -0.2) is 4.68 Å². The average molecular weight is 251 g/mol. The molecule has 0 aliphatic heterocycles. The summed E-state index contributed by atoms with van der Waals surface area (Å²) in [5.41, 5.74) is 0. The van der Waals surface area contributed by atoms with Crippen LogP contribution in [0.2, 0.25) is 0 Å². The molecule has 3 atom stereocenters. The van der Waals surface area contributed by atoms with Gasteiger partial charge in [0.25, 0.3) is 0 Å². The molecule has 0 radical (unpaired) electrons. The topological polar surface area (TPSA) is 55.6 Å². The van der Waals surface area contributed by atoms with Crippen LogP contribution in [0.25, 0.3) is 0 Å². The molecule has 0 bridgehead atoms. The molecule has 0 aromatic carbocycles. The third kappa shape index (κ3) is 2.71. The van der Waals surface area contributed by atoms with Crippen molar-refractivity contribution in [1.82, 2.24) is 25.5 Å². The smallest absolute Gasteiger partial charge is 0.168 e. The number of hydrogen-bond acceptors (Lipinski definition) is 4. The van der Waals surface area contributed by atoms with Gasteiger partial charge in [-0.15, -0.1) is 5.10 Å². The molecule has 1 aromatic rings. The molecule has 1 heterocycles. The van der Waals surface area contributed by atoms with E-state index in [-0.39, 0.29) is 6.04 Å². The van der Waals surface area contributed by atoms with E-state index >= 15 is 0 Å². The van der Waals surface area contributed by atoms with Crippen LogP contribution in [0, 0.1) is 5.92 Å². The highest BCUT2D eigenvalue weighted by atomic mass is 15.6. The van der Waals surface area contributed by atoms with E-state index in [2.05, 4.69) is 46.3 Å². The monoisotopic (exact) mass is 251 g/mol. The van der Waals surface area contributed by atoms with Crippen molar-refractivity contribution in [2.24, 2.45) is 5.92 Å². The van der Waals surface area contributed by atoms with Crippen molar-refractivity contribution in [3.05, 3.63) is 5.82 Å². The quantitative estimate of drug-likeness (QED) is 0.873. The number of tetrazole rings is 1. The summed E-state index contributed by atoms with van der Waals surface area (Å²) < 4.78 is 2.08. The van der Waals surface area contributed by atoms with Crippen molar-refractivity contribution in [2.45, 2.75) is 65.0 Å². The molecule has 1 N–H and O–H groups in total. The van der Waals surface area contributed by atoms with E-state index in [4.69, 9.17) is 0 Å². The first-order chi connectivity index (χ1) is 8.77. The van der Waals surface area contributed by atoms with E-state index in [9.17, 15) is 0 Å². The molecular formula is C13H25N5. The zero-order chi connectivity index (χ0) is 13.0. The van der Waals surface area contributed by atoms with E-state index in [1.54, 1.807) is 0 Å². The Balaban J connectivity index is 2.18. The molecule has 1 aliphatic carbocycles. The number of nitrogens with one attached hydrogen (secondary N) is 1. The van der Waals surface area contributed by atoms with Crippen LogP contribution in [0.4, 0.5) is 0 Å². The summed E-state index contributed by atoms with van der Waals surface area (Å²) in [5, 5.41) is 15.8. The highest BCUT2D eigenvalue weighted by Gasteiger charge is 2.29. The lowest BCUT2D eigenvalue weighted by atomic mass is 9.83. The molecule has 18 heavy (non-hydrogen) atoms. The molecule has 0 saturated heterocycles. The molecule has 5 nitrogen and oxygen atoms in total. The van der Waals surface area contributed by atoms with Gasteiger partial charge in [0.05, 0.1) is 12.1 Å². The van der Waals surface area contributed by atoms with Gasteiger partial charge in [0.1, 0.15) is 0 Å². The van der Waals surface area contributed by atoms with E-state index < -0.39 is 0 Å². The summed E-state index contributed by atoms with van der Waals surface area (Å²) in [6, 6.07) is 0.722. The van der Waals surface area contributed by atoms with Gasteiger partial charge in [0.15, 0.2) is 5.82 Å². The Morgan fingerprint density at radius 1 is 1.33 bits per heavy atom. The molecular weight excluding hydrogens is 226 g/mol. The number of hydrogen-bond donors (Lipinski definition) is 1. The van der Waals surface area contributed by atoms with Gasteiger partial charge < -0.3 is 5.32 Å². The first-order valence-corrected chi connectivity index (χ1v) is 7.29. The average Bonchev–Trinajstić information content (AvgIpc) is 2.88. The molecule has 102 valence electrons. The Kier molecular flexibility index (Phi) is 4.69. The van der Waals surface area contributed by atoms with Crippen LogP contribution in [0.5, 0.6) is 0 Å². The van der Waals surface area contributed by atoms with Crippen molar-refractivity contribution in [3.8, 4) is 0 Å². The van der Waals surface area contributed by atoms with Crippen molar-refractivity contribution in [3.63, 3.8) is 0 Å². The summed E-state index contributed by atoms with van der Waals surface area (Å²) >= 11 is 0. The van der Waals surface area contributed by atoms with Crippen LogP contribution in [0.1, 0.15) is 70.8 Å². The van der Waals surface area contributed by atoms with Crippen LogP contribution in [0.3, 0.4) is 0 Å². The van der Waals surface area contributed by atoms with Crippen LogP contribution in [-0.2, 0) is 0 Å². The number of rotatable bonds is 5. The lowest BCUT2D eigenvalue weighted by Gasteiger charge is -2.31. The van der Waals surface area contributed by atoms with E-state index in [1.807, 2.05) is 0 Å². The third-order valence-electron chi connectivity index (χ3n) is 4.12. The van der Waals surface area contributed by atoms with E-state index in [1.165, 1.54) is 32.1 Å². The minimum absolute atomic E-state index is 0.226. The third-order valence-corrected chi connectivity index (χ3v) is 4.12. The van der Waals surface area contributed by atoms with Gasteiger partial charge in [-0.1, -0.05) is 33.1 Å². The Morgan fingerprint density at radius 3 is 2.83 bits per heavy atom. The Bertz CT molecular complexity index is 362.